The fourth-order valence-corrected chi connectivity index (χ4v) is 3.41. The van der Waals surface area contributed by atoms with Gasteiger partial charge in [-0.25, -0.2) is 4.98 Å². The maximum absolute atomic E-state index is 10.0. The van der Waals surface area contributed by atoms with Crippen LogP contribution in [0.3, 0.4) is 0 Å². The Morgan fingerprint density at radius 2 is 2.04 bits per heavy atom. The van der Waals surface area contributed by atoms with Gasteiger partial charge >= 0.3 is 5.95 Å². The maximum Gasteiger partial charge on any atom is 0.312 e. The highest BCUT2D eigenvalue weighted by atomic mass is 79.9. The predicted octanol–water partition coefficient (Wildman–Crippen LogP) is 5.98. The van der Waals surface area contributed by atoms with E-state index in [2.05, 4.69) is 41.8 Å². The summed E-state index contributed by atoms with van der Waals surface area (Å²) < 4.78 is 12.3. The van der Waals surface area contributed by atoms with Crippen LogP contribution in [0.4, 0.5) is 5.69 Å². The van der Waals surface area contributed by atoms with Crippen molar-refractivity contribution in [1.82, 2.24) is 4.98 Å². The van der Waals surface area contributed by atoms with E-state index in [1.165, 1.54) is 13.3 Å². The van der Waals surface area contributed by atoms with Gasteiger partial charge in [0.2, 0.25) is 5.89 Å². The van der Waals surface area contributed by atoms with Crippen molar-refractivity contribution in [3.05, 3.63) is 56.1 Å². The lowest BCUT2D eigenvalue weighted by atomic mass is 10.2. The molecule has 8 heteroatoms. The van der Waals surface area contributed by atoms with Gasteiger partial charge in [0.15, 0.2) is 5.69 Å². The lowest BCUT2D eigenvalue weighted by molar-refractivity contribution is 0.336. The van der Waals surface area contributed by atoms with Crippen molar-refractivity contribution >= 4 is 55.4 Å². The molecule has 1 N–H and O–H groups in total. The van der Waals surface area contributed by atoms with Crippen molar-refractivity contribution in [2.45, 2.75) is 0 Å². The van der Waals surface area contributed by atoms with E-state index in [4.69, 9.17) is 20.8 Å². The molecule has 0 bridgehead atoms. The van der Waals surface area contributed by atoms with Gasteiger partial charge in [-0.15, -0.1) is 0 Å². The first kappa shape index (κ1) is 18.0. The van der Waals surface area contributed by atoms with E-state index in [-0.39, 0.29) is 17.5 Å². The number of aromatic nitrogens is 1. The van der Waals surface area contributed by atoms with E-state index in [1.54, 1.807) is 18.2 Å². The SMILES string of the molecule is COc1ccc(Cl)cc1-c1nc(C=Nc2ccc(Br)cc2Br)c(O)o1. The van der Waals surface area contributed by atoms with Gasteiger partial charge in [0, 0.05) is 14.0 Å². The van der Waals surface area contributed by atoms with E-state index in [0.717, 1.165) is 8.95 Å². The summed E-state index contributed by atoms with van der Waals surface area (Å²) in [5, 5.41) is 10.5. The Kier molecular flexibility index (Phi) is 5.46. The van der Waals surface area contributed by atoms with Crippen LogP contribution in [0.1, 0.15) is 5.69 Å². The molecule has 0 aliphatic carbocycles. The Balaban J connectivity index is 1.96. The first-order valence-corrected chi connectivity index (χ1v) is 8.97. The second kappa shape index (κ2) is 7.59. The van der Waals surface area contributed by atoms with Crippen LogP contribution >= 0.6 is 43.5 Å². The molecule has 0 fully saturated rings. The molecular weight excluding hydrogens is 475 g/mol. The van der Waals surface area contributed by atoms with E-state index >= 15 is 0 Å². The summed E-state index contributed by atoms with van der Waals surface area (Å²) in [4.78, 5) is 8.58. The van der Waals surface area contributed by atoms with E-state index in [1.807, 2.05) is 18.2 Å². The lowest BCUT2D eigenvalue weighted by Gasteiger charge is -2.04. The summed E-state index contributed by atoms with van der Waals surface area (Å²) in [6.45, 7) is 0. The summed E-state index contributed by atoms with van der Waals surface area (Å²) in [7, 11) is 1.53. The zero-order chi connectivity index (χ0) is 18.0. The molecule has 0 radical (unpaired) electrons. The monoisotopic (exact) mass is 484 g/mol. The Morgan fingerprint density at radius 1 is 1.24 bits per heavy atom. The van der Waals surface area contributed by atoms with Crippen molar-refractivity contribution in [3.8, 4) is 23.1 Å². The third-order valence-electron chi connectivity index (χ3n) is 3.26. The van der Waals surface area contributed by atoms with Crippen molar-refractivity contribution in [2.24, 2.45) is 4.99 Å². The fraction of sp³-hybridized carbons (Fsp3) is 0.0588. The number of hydrogen-bond acceptors (Lipinski definition) is 5. The van der Waals surface area contributed by atoms with Crippen LogP contribution in [0.5, 0.6) is 11.7 Å². The highest BCUT2D eigenvalue weighted by molar-refractivity contribution is 9.11. The van der Waals surface area contributed by atoms with Gasteiger partial charge in [0.05, 0.1) is 24.6 Å². The van der Waals surface area contributed by atoms with Crippen LogP contribution in [0.15, 0.2) is 54.8 Å². The largest absolute Gasteiger partial charge is 0.496 e. The van der Waals surface area contributed by atoms with Crippen molar-refractivity contribution < 1.29 is 14.3 Å². The summed E-state index contributed by atoms with van der Waals surface area (Å²) in [6, 6.07) is 10.6. The molecule has 0 aliphatic heterocycles. The molecule has 0 saturated carbocycles. The molecule has 0 amide bonds. The Labute approximate surface area is 165 Å². The molecule has 1 aromatic heterocycles. The molecule has 1 heterocycles. The number of hydrogen-bond donors (Lipinski definition) is 1. The molecule has 0 aliphatic rings. The van der Waals surface area contributed by atoms with Crippen LogP contribution in [-0.4, -0.2) is 23.4 Å². The van der Waals surface area contributed by atoms with E-state index in [0.29, 0.717) is 22.0 Å². The average molecular weight is 487 g/mol. The number of aromatic hydroxyl groups is 1. The standard InChI is InChI=1S/C17H11Br2ClN2O3/c1-24-15-5-3-10(20)7-11(15)16-22-14(17(23)25-16)8-21-13-4-2-9(18)6-12(13)19/h2-8,23H,1H3. The molecule has 0 spiro atoms. The van der Waals surface area contributed by atoms with Crippen molar-refractivity contribution in [3.63, 3.8) is 0 Å². The van der Waals surface area contributed by atoms with Gasteiger partial charge in [-0.1, -0.05) is 27.5 Å². The Morgan fingerprint density at radius 3 is 2.76 bits per heavy atom. The fourth-order valence-electron chi connectivity index (χ4n) is 2.09. The first-order chi connectivity index (χ1) is 12.0. The minimum atomic E-state index is -0.339. The van der Waals surface area contributed by atoms with Gasteiger partial charge in [-0.3, -0.25) is 4.99 Å². The smallest absolute Gasteiger partial charge is 0.312 e. The van der Waals surface area contributed by atoms with Gasteiger partial charge in [-0.05, 0) is 52.3 Å². The molecule has 5 nitrogen and oxygen atoms in total. The molecule has 0 saturated heterocycles. The molecular formula is C17H11Br2ClN2O3. The van der Waals surface area contributed by atoms with Crippen LogP contribution in [-0.2, 0) is 0 Å². The van der Waals surface area contributed by atoms with Gasteiger partial charge < -0.3 is 14.3 Å². The van der Waals surface area contributed by atoms with Crippen LogP contribution in [0, 0.1) is 0 Å². The van der Waals surface area contributed by atoms with Crippen molar-refractivity contribution in [1.29, 1.82) is 0 Å². The Hall–Kier alpha value is -1.83. The maximum atomic E-state index is 10.0. The number of oxazole rings is 1. The Bertz CT molecular complexity index is 957. The lowest BCUT2D eigenvalue weighted by Crippen LogP contribution is -1.89. The van der Waals surface area contributed by atoms with Crippen LogP contribution < -0.4 is 4.74 Å². The second-order valence-electron chi connectivity index (χ2n) is 4.91. The molecule has 25 heavy (non-hydrogen) atoms. The predicted molar refractivity (Wildman–Crippen MR) is 104 cm³/mol. The average Bonchev–Trinajstić information content (AvgIpc) is 2.95. The topological polar surface area (TPSA) is 67.9 Å². The quantitative estimate of drug-likeness (QED) is 0.461. The summed E-state index contributed by atoms with van der Waals surface area (Å²) in [5.41, 5.74) is 1.43. The molecule has 0 unspecified atom stereocenters. The van der Waals surface area contributed by atoms with Gasteiger partial charge in [0.1, 0.15) is 5.75 Å². The van der Waals surface area contributed by atoms with Gasteiger partial charge in [-0.2, -0.15) is 0 Å². The normalized spacial score (nSPS) is 11.2. The highest BCUT2D eigenvalue weighted by Crippen LogP contribution is 2.35. The van der Waals surface area contributed by atoms with Crippen LogP contribution in [0.2, 0.25) is 5.02 Å². The molecule has 0 atom stereocenters. The molecule has 3 rings (SSSR count). The summed E-state index contributed by atoms with van der Waals surface area (Å²) >= 11 is 12.8. The minimum Gasteiger partial charge on any atom is -0.496 e. The number of aliphatic imine (C=N–C) groups is 1. The third kappa shape index (κ3) is 4.05. The highest BCUT2D eigenvalue weighted by Gasteiger charge is 2.16. The number of benzene rings is 2. The first-order valence-electron chi connectivity index (χ1n) is 7.00. The molecule has 2 aromatic carbocycles. The summed E-state index contributed by atoms with van der Waals surface area (Å²) in [6.07, 6.45) is 1.42. The minimum absolute atomic E-state index is 0.188. The second-order valence-corrected chi connectivity index (χ2v) is 7.11. The number of halogens is 3. The molecule has 3 aromatic rings. The zero-order valence-corrected chi connectivity index (χ0v) is 16.8. The third-order valence-corrected chi connectivity index (χ3v) is 4.63. The van der Waals surface area contributed by atoms with Gasteiger partial charge in [0.25, 0.3) is 0 Å². The number of methoxy groups -OCH3 is 1. The number of ether oxygens (including phenoxy) is 1. The van der Waals surface area contributed by atoms with Crippen LogP contribution in [0.25, 0.3) is 11.5 Å². The molecule has 128 valence electrons. The number of nitrogens with zero attached hydrogens (tertiary/aromatic N) is 2. The summed E-state index contributed by atoms with van der Waals surface area (Å²) in [5.74, 6) is 0.381. The number of rotatable bonds is 4. The zero-order valence-electron chi connectivity index (χ0n) is 12.8. The van der Waals surface area contributed by atoms with E-state index in [9.17, 15) is 5.11 Å². The van der Waals surface area contributed by atoms with E-state index < -0.39 is 0 Å². The van der Waals surface area contributed by atoms with Crippen molar-refractivity contribution in [2.75, 3.05) is 7.11 Å².